The zero-order valence-corrected chi connectivity index (χ0v) is 16.9. The van der Waals surface area contributed by atoms with E-state index < -0.39 is 0 Å². The maximum absolute atomic E-state index is 12.9. The number of aromatic nitrogens is 2. The van der Waals surface area contributed by atoms with Crippen molar-refractivity contribution >= 4 is 40.5 Å². The smallest absolute Gasteiger partial charge is 0.260 e. The molecule has 1 aliphatic heterocycles. The van der Waals surface area contributed by atoms with Crippen molar-refractivity contribution in [1.82, 2.24) is 9.97 Å². The van der Waals surface area contributed by atoms with Gasteiger partial charge in [0.25, 0.3) is 5.91 Å². The molecule has 8 heteroatoms. The van der Waals surface area contributed by atoms with Crippen molar-refractivity contribution in [1.29, 1.82) is 0 Å². The van der Waals surface area contributed by atoms with Crippen LogP contribution in [0.1, 0.15) is 15.9 Å². The number of benzene rings is 2. The van der Waals surface area contributed by atoms with Crippen LogP contribution in [0, 0.1) is 0 Å². The molecule has 0 radical (unpaired) electrons. The van der Waals surface area contributed by atoms with Gasteiger partial charge in [-0.1, -0.05) is 18.7 Å². The van der Waals surface area contributed by atoms with E-state index in [1.54, 1.807) is 49.5 Å². The molecule has 152 valence electrons. The molecule has 0 bridgehead atoms. The first-order chi connectivity index (χ1) is 14.4. The Labute approximate surface area is 174 Å². The van der Waals surface area contributed by atoms with Crippen LogP contribution in [0.3, 0.4) is 0 Å². The number of nitrogens with zero attached hydrogens (tertiary/aromatic N) is 4. The number of rotatable bonds is 4. The fourth-order valence-electron chi connectivity index (χ4n) is 3.37. The number of hydrogen-bond donors (Lipinski definition) is 2. The Kier molecular flexibility index (Phi) is 4.75. The average molecular weight is 403 g/mol. The Morgan fingerprint density at radius 2 is 1.90 bits per heavy atom. The number of amides is 1. The minimum Gasteiger partial charge on any atom is -0.508 e. The van der Waals surface area contributed by atoms with Crippen molar-refractivity contribution in [3.05, 3.63) is 66.4 Å². The van der Waals surface area contributed by atoms with Crippen LogP contribution in [-0.2, 0) is 0 Å². The van der Waals surface area contributed by atoms with Gasteiger partial charge < -0.3 is 25.0 Å². The molecule has 4 rings (SSSR count). The first kappa shape index (κ1) is 19.3. The molecule has 0 spiro atoms. The van der Waals surface area contributed by atoms with Gasteiger partial charge in [-0.15, -0.1) is 0 Å². The summed E-state index contributed by atoms with van der Waals surface area (Å²) in [4.78, 5) is 25.3. The Morgan fingerprint density at radius 1 is 1.13 bits per heavy atom. The molecule has 8 nitrogen and oxygen atoms in total. The number of methoxy groups -OCH3 is 1. The van der Waals surface area contributed by atoms with Gasteiger partial charge in [-0.25, -0.2) is 4.98 Å². The van der Waals surface area contributed by atoms with Gasteiger partial charge >= 0.3 is 0 Å². The molecule has 1 aromatic heterocycles. The highest BCUT2D eigenvalue weighted by molar-refractivity contribution is 6.13. The van der Waals surface area contributed by atoms with E-state index in [0.29, 0.717) is 40.0 Å². The molecule has 0 saturated heterocycles. The highest BCUT2D eigenvalue weighted by atomic mass is 16.5. The van der Waals surface area contributed by atoms with Crippen molar-refractivity contribution in [2.75, 3.05) is 36.3 Å². The van der Waals surface area contributed by atoms with E-state index in [9.17, 15) is 9.90 Å². The molecule has 0 fully saturated rings. The number of carbonyl (C=O) groups excluding carboxylic acids is 1. The third-order valence-corrected chi connectivity index (χ3v) is 5.01. The molecule has 30 heavy (non-hydrogen) atoms. The Hall–Kier alpha value is -4.07. The second-order valence-corrected chi connectivity index (χ2v) is 6.83. The summed E-state index contributed by atoms with van der Waals surface area (Å²) in [5, 5.41) is 12.8. The lowest BCUT2D eigenvalue weighted by Gasteiger charge is -2.21. The van der Waals surface area contributed by atoms with Crippen LogP contribution in [0.25, 0.3) is 5.76 Å². The molecular weight excluding hydrogens is 382 g/mol. The first-order valence-electron chi connectivity index (χ1n) is 9.22. The quantitative estimate of drug-likeness (QED) is 0.633. The molecular formula is C22H21N5O3. The monoisotopic (exact) mass is 403 g/mol. The Bertz CT molecular complexity index is 1160. The number of carbonyl (C=O) groups is 1. The molecule has 0 unspecified atom stereocenters. The summed E-state index contributed by atoms with van der Waals surface area (Å²) in [5.74, 6) is 1.27. The minimum atomic E-state index is -0.128. The first-order valence-corrected chi connectivity index (χ1v) is 9.22. The van der Waals surface area contributed by atoms with Crippen molar-refractivity contribution in [2.24, 2.45) is 0 Å². The van der Waals surface area contributed by atoms with Gasteiger partial charge in [-0.05, 0) is 30.3 Å². The zero-order valence-electron chi connectivity index (χ0n) is 16.9. The van der Waals surface area contributed by atoms with E-state index in [2.05, 4.69) is 21.9 Å². The number of aliphatic hydroxyl groups is 1. The number of nitrogens with one attached hydrogen (secondary N) is 1. The van der Waals surface area contributed by atoms with Gasteiger partial charge in [-0.3, -0.25) is 4.79 Å². The van der Waals surface area contributed by atoms with Crippen LogP contribution in [0.15, 0.2) is 55.2 Å². The molecule has 0 atom stereocenters. The topological polar surface area (TPSA) is 90.8 Å². The fraction of sp³-hybridized carbons (Fsp3) is 0.136. The van der Waals surface area contributed by atoms with Gasteiger partial charge in [0, 0.05) is 19.7 Å². The Morgan fingerprint density at radius 3 is 2.63 bits per heavy atom. The summed E-state index contributed by atoms with van der Waals surface area (Å²) in [6.07, 6.45) is 1.60. The van der Waals surface area contributed by atoms with Crippen LogP contribution >= 0.6 is 0 Å². The predicted octanol–water partition coefficient (Wildman–Crippen LogP) is 4.12. The van der Waals surface area contributed by atoms with Crippen LogP contribution < -0.4 is 19.9 Å². The summed E-state index contributed by atoms with van der Waals surface area (Å²) in [6, 6.07) is 12.5. The highest BCUT2D eigenvalue weighted by Crippen LogP contribution is 2.38. The van der Waals surface area contributed by atoms with Crippen LogP contribution in [0.2, 0.25) is 0 Å². The van der Waals surface area contributed by atoms with E-state index in [0.717, 1.165) is 5.69 Å². The Balaban J connectivity index is 1.78. The molecule has 2 heterocycles. The minimum absolute atomic E-state index is 0.0555. The van der Waals surface area contributed by atoms with E-state index in [1.807, 2.05) is 30.1 Å². The molecule has 1 amide bonds. The number of aliphatic hydroxyl groups excluding tert-OH is 1. The maximum atomic E-state index is 12.9. The SMILES string of the molecule is C=C(O)c1ccc(OC)c(Nc2ncc3c(n2)N(C)c2ccccc2C(=O)N3C)c1. The summed E-state index contributed by atoms with van der Waals surface area (Å²) in [7, 11) is 5.11. The number of anilines is 5. The van der Waals surface area contributed by atoms with Gasteiger partial charge in [0.15, 0.2) is 5.82 Å². The van der Waals surface area contributed by atoms with Crippen LogP contribution in [0.5, 0.6) is 5.75 Å². The molecule has 1 aliphatic rings. The number of para-hydroxylation sites is 1. The summed E-state index contributed by atoms with van der Waals surface area (Å²) in [5.41, 5.74) is 3.06. The van der Waals surface area contributed by atoms with Gasteiger partial charge in [0.05, 0.1) is 30.2 Å². The second-order valence-electron chi connectivity index (χ2n) is 6.83. The molecule has 3 aromatic rings. The average Bonchev–Trinajstić information content (AvgIpc) is 2.84. The zero-order chi connectivity index (χ0) is 21.4. The van der Waals surface area contributed by atoms with Crippen molar-refractivity contribution in [2.45, 2.75) is 0 Å². The third-order valence-electron chi connectivity index (χ3n) is 5.01. The van der Waals surface area contributed by atoms with E-state index in [-0.39, 0.29) is 11.7 Å². The molecule has 0 saturated carbocycles. The van der Waals surface area contributed by atoms with Crippen LogP contribution in [-0.4, -0.2) is 42.2 Å². The lowest BCUT2D eigenvalue weighted by molar-refractivity contribution is 0.0994. The highest BCUT2D eigenvalue weighted by Gasteiger charge is 2.28. The molecule has 0 aliphatic carbocycles. The van der Waals surface area contributed by atoms with Crippen molar-refractivity contribution < 1.29 is 14.6 Å². The van der Waals surface area contributed by atoms with Gasteiger partial charge in [0.2, 0.25) is 5.95 Å². The normalized spacial score (nSPS) is 12.7. The van der Waals surface area contributed by atoms with Crippen molar-refractivity contribution in [3.63, 3.8) is 0 Å². The second kappa shape index (κ2) is 7.40. The maximum Gasteiger partial charge on any atom is 0.260 e. The van der Waals surface area contributed by atoms with Crippen molar-refractivity contribution in [3.8, 4) is 5.75 Å². The summed E-state index contributed by atoms with van der Waals surface area (Å²) in [6.45, 7) is 3.56. The standard InChI is InChI=1S/C22H21N5O3/c1-13(28)14-9-10-19(30-4)16(11-14)24-22-23-12-18-20(25-22)26(2)17-8-6-5-7-15(17)21(29)27(18)3/h5-12,28H,1H2,2-4H3,(H,23,24,25). The molecule has 2 N–H and O–H groups in total. The van der Waals surface area contributed by atoms with Crippen LogP contribution in [0.4, 0.5) is 28.8 Å². The van der Waals surface area contributed by atoms with E-state index >= 15 is 0 Å². The summed E-state index contributed by atoms with van der Waals surface area (Å²) >= 11 is 0. The number of fused-ring (bicyclic) bond motifs is 2. The van der Waals surface area contributed by atoms with E-state index in [1.165, 1.54) is 0 Å². The van der Waals surface area contributed by atoms with Gasteiger partial charge in [0.1, 0.15) is 17.2 Å². The fourth-order valence-corrected chi connectivity index (χ4v) is 3.37. The lowest BCUT2D eigenvalue weighted by atomic mass is 10.1. The predicted molar refractivity (Wildman–Crippen MR) is 117 cm³/mol. The largest absolute Gasteiger partial charge is 0.508 e. The third kappa shape index (κ3) is 3.18. The number of ether oxygens (including phenoxy) is 1. The lowest BCUT2D eigenvalue weighted by Crippen LogP contribution is -2.25. The van der Waals surface area contributed by atoms with Gasteiger partial charge in [-0.2, -0.15) is 4.98 Å². The summed E-state index contributed by atoms with van der Waals surface area (Å²) < 4.78 is 5.39. The molecule has 2 aromatic carbocycles. The van der Waals surface area contributed by atoms with E-state index in [4.69, 9.17) is 4.74 Å². The number of hydrogen-bond acceptors (Lipinski definition) is 7.